The Morgan fingerprint density at radius 1 is 1.20 bits per heavy atom. The van der Waals surface area contributed by atoms with E-state index in [1.54, 1.807) is 18.5 Å². The van der Waals surface area contributed by atoms with Crippen LogP contribution in [-0.2, 0) is 0 Å². The number of nitrogens with one attached hydrogen (secondary N) is 1. The van der Waals surface area contributed by atoms with E-state index in [4.69, 9.17) is 0 Å². The summed E-state index contributed by atoms with van der Waals surface area (Å²) < 4.78 is 14.4. The van der Waals surface area contributed by atoms with Gasteiger partial charge in [0.2, 0.25) is 0 Å². The Hall–Kier alpha value is -1.81. The monoisotopic (exact) mass is 273 g/mol. The van der Waals surface area contributed by atoms with Gasteiger partial charge in [0, 0.05) is 23.5 Å². The lowest BCUT2D eigenvalue weighted by atomic mass is 9.94. The summed E-state index contributed by atoms with van der Waals surface area (Å²) in [5.74, 6) is -0.181. The van der Waals surface area contributed by atoms with Crippen molar-refractivity contribution < 1.29 is 4.39 Å². The number of hydrogen-bond donors (Lipinski definition) is 1. The average Bonchev–Trinajstić information content (AvgIpc) is 2.42. The van der Waals surface area contributed by atoms with Crippen LogP contribution in [0.4, 0.5) is 4.39 Å². The Balaban J connectivity index is 2.47. The number of aryl methyl sites for hydroxylation is 2. The molecule has 0 bridgehead atoms. The number of halogens is 1. The Morgan fingerprint density at radius 3 is 2.50 bits per heavy atom. The molecule has 0 aliphatic rings. The van der Waals surface area contributed by atoms with Crippen molar-refractivity contribution >= 4 is 0 Å². The number of hydrogen-bond acceptors (Lipinski definition) is 3. The van der Waals surface area contributed by atoms with Gasteiger partial charge in [-0.15, -0.1) is 0 Å². The van der Waals surface area contributed by atoms with Gasteiger partial charge < -0.3 is 5.32 Å². The van der Waals surface area contributed by atoms with Gasteiger partial charge in [0.25, 0.3) is 0 Å². The highest BCUT2D eigenvalue weighted by Gasteiger charge is 2.20. The molecule has 0 aliphatic heterocycles. The molecule has 4 heteroatoms. The highest BCUT2D eigenvalue weighted by Crippen LogP contribution is 2.27. The molecule has 0 saturated heterocycles. The van der Waals surface area contributed by atoms with E-state index in [0.717, 1.165) is 29.7 Å². The fraction of sp³-hybridized carbons (Fsp3) is 0.375. The summed E-state index contributed by atoms with van der Waals surface area (Å²) in [6, 6.07) is 3.37. The van der Waals surface area contributed by atoms with Gasteiger partial charge in [-0.1, -0.05) is 13.0 Å². The molecule has 1 atom stereocenters. The zero-order valence-electron chi connectivity index (χ0n) is 12.2. The maximum atomic E-state index is 14.4. The summed E-state index contributed by atoms with van der Waals surface area (Å²) in [5, 5.41) is 3.38. The molecule has 1 N–H and O–H groups in total. The molecule has 1 aromatic carbocycles. The molecule has 1 unspecified atom stereocenters. The molecule has 2 rings (SSSR count). The predicted molar refractivity (Wildman–Crippen MR) is 78.0 cm³/mol. The lowest BCUT2D eigenvalue weighted by Crippen LogP contribution is -2.25. The first-order valence-electron chi connectivity index (χ1n) is 6.88. The molecule has 20 heavy (non-hydrogen) atoms. The Labute approximate surface area is 119 Å². The van der Waals surface area contributed by atoms with Gasteiger partial charge in [-0.3, -0.25) is 0 Å². The van der Waals surface area contributed by atoms with Crippen molar-refractivity contribution in [3.8, 4) is 0 Å². The molecule has 2 aromatic rings. The zero-order chi connectivity index (χ0) is 14.5. The second kappa shape index (κ2) is 6.57. The quantitative estimate of drug-likeness (QED) is 0.908. The van der Waals surface area contributed by atoms with Crippen LogP contribution < -0.4 is 5.32 Å². The van der Waals surface area contributed by atoms with E-state index in [-0.39, 0.29) is 11.9 Å². The third kappa shape index (κ3) is 3.20. The molecule has 0 aliphatic carbocycles. The van der Waals surface area contributed by atoms with Crippen molar-refractivity contribution in [3.05, 3.63) is 58.9 Å². The Morgan fingerprint density at radius 2 is 1.90 bits per heavy atom. The summed E-state index contributed by atoms with van der Waals surface area (Å²) in [6.45, 7) is 6.74. The first kappa shape index (κ1) is 14.6. The van der Waals surface area contributed by atoms with Gasteiger partial charge in [0.1, 0.15) is 12.1 Å². The minimum Gasteiger partial charge on any atom is -0.306 e. The van der Waals surface area contributed by atoms with E-state index in [9.17, 15) is 4.39 Å². The van der Waals surface area contributed by atoms with Crippen molar-refractivity contribution in [2.45, 2.75) is 33.2 Å². The summed E-state index contributed by atoms with van der Waals surface area (Å²) in [6.07, 6.45) is 5.94. The first-order valence-corrected chi connectivity index (χ1v) is 6.88. The number of benzene rings is 1. The molecule has 1 heterocycles. The van der Waals surface area contributed by atoms with Gasteiger partial charge >= 0.3 is 0 Å². The minimum absolute atomic E-state index is 0.181. The lowest BCUT2D eigenvalue weighted by Gasteiger charge is -2.22. The molecule has 1 aromatic heterocycles. The van der Waals surface area contributed by atoms with Crippen LogP contribution in [0.1, 0.15) is 41.6 Å². The van der Waals surface area contributed by atoms with E-state index in [2.05, 4.69) is 22.2 Å². The zero-order valence-corrected chi connectivity index (χ0v) is 12.2. The van der Waals surface area contributed by atoms with Crippen molar-refractivity contribution in [2.75, 3.05) is 6.54 Å². The molecular weight excluding hydrogens is 253 g/mol. The van der Waals surface area contributed by atoms with E-state index >= 15 is 0 Å². The molecule has 0 spiro atoms. The van der Waals surface area contributed by atoms with Crippen LogP contribution in [0.5, 0.6) is 0 Å². The molecule has 0 fully saturated rings. The molecule has 0 amide bonds. The summed E-state index contributed by atoms with van der Waals surface area (Å²) >= 11 is 0. The lowest BCUT2D eigenvalue weighted by molar-refractivity contribution is 0.541. The van der Waals surface area contributed by atoms with E-state index in [1.165, 1.54) is 6.33 Å². The van der Waals surface area contributed by atoms with Gasteiger partial charge in [-0.2, -0.15) is 0 Å². The summed E-state index contributed by atoms with van der Waals surface area (Å²) in [5.41, 5.74) is 3.44. The molecule has 106 valence electrons. The second-order valence-electron chi connectivity index (χ2n) is 5.04. The van der Waals surface area contributed by atoms with Crippen LogP contribution in [0.25, 0.3) is 0 Å². The maximum absolute atomic E-state index is 14.4. The van der Waals surface area contributed by atoms with E-state index in [0.29, 0.717) is 5.56 Å². The van der Waals surface area contributed by atoms with Crippen molar-refractivity contribution in [2.24, 2.45) is 0 Å². The second-order valence-corrected chi connectivity index (χ2v) is 5.04. The molecule has 0 saturated carbocycles. The largest absolute Gasteiger partial charge is 0.306 e. The van der Waals surface area contributed by atoms with E-state index in [1.807, 2.05) is 19.9 Å². The summed E-state index contributed by atoms with van der Waals surface area (Å²) in [4.78, 5) is 8.08. The van der Waals surface area contributed by atoms with Crippen LogP contribution >= 0.6 is 0 Å². The van der Waals surface area contributed by atoms with Gasteiger partial charge in [-0.25, -0.2) is 14.4 Å². The number of rotatable bonds is 5. The normalized spacial score (nSPS) is 12.4. The average molecular weight is 273 g/mol. The van der Waals surface area contributed by atoms with Crippen LogP contribution in [0, 0.1) is 19.7 Å². The van der Waals surface area contributed by atoms with Crippen LogP contribution in [0.3, 0.4) is 0 Å². The first-order chi connectivity index (χ1) is 9.63. The molecule has 3 nitrogen and oxygen atoms in total. The highest BCUT2D eigenvalue weighted by molar-refractivity contribution is 5.38. The van der Waals surface area contributed by atoms with Crippen molar-refractivity contribution in [3.63, 3.8) is 0 Å². The van der Waals surface area contributed by atoms with Gasteiger partial charge in [-0.05, 0) is 44.0 Å². The molecular formula is C16H20FN3. The minimum atomic E-state index is -0.211. The highest BCUT2D eigenvalue weighted by atomic mass is 19.1. The predicted octanol–water partition coefficient (Wildman–Crippen LogP) is 3.32. The third-order valence-electron chi connectivity index (χ3n) is 3.28. The number of aromatic nitrogens is 2. The fourth-order valence-electron chi connectivity index (χ4n) is 2.43. The SMILES string of the molecule is CCCNC(c1cncnc1)c1c(C)cc(C)cc1F. The van der Waals surface area contributed by atoms with Crippen LogP contribution in [0.2, 0.25) is 0 Å². The summed E-state index contributed by atoms with van der Waals surface area (Å²) in [7, 11) is 0. The third-order valence-corrected chi connectivity index (χ3v) is 3.28. The van der Waals surface area contributed by atoms with Crippen molar-refractivity contribution in [1.82, 2.24) is 15.3 Å². The molecule has 0 radical (unpaired) electrons. The van der Waals surface area contributed by atoms with Gasteiger partial charge in [0.15, 0.2) is 0 Å². The maximum Gasteiger partial charge on any atom is 0.128 e. The fourth-order valence-corrected chi connectivity index (χ4v) is 2.43. The Bertz CT molecular complexity index is 546. The Kier molecular flexibility index (Phi) is 4.79. The number of nitrogens with zero attached hydrogens (tertiary/aromatic N) is 2. The van der Waals surface area contributed by atoms with E-state index < -0.39 is 0 Å². The topological polar surface area (TPSA) is 37.8 Å². The van der Waals surface area contributed by atoms with Crippen LogP contribution in [0.15, 0.2) is 30.9 Å². The smallest absolute Gasteiger partial charge is 0.128 e. The standard InChI is InChI=1S/C16H20FN3/c1-4-5-20-16(13-8-18-10-19-9-13)15-12(3)6-11(2)7-14(15)17/h6-10,16,20H,4-5H2,1-3H3. The van der Waals surface area contributed by atoms with Crippen LogP contribution in [-0.4, -0.2) is 16.5 Å². The van der Waals surface area contributed by atoms with Gasteiger partial charge in [0.05, 0.1) is 6.04 Å². The van der Waals surface area contributed by atoms with Crippen molar-refractivity contribution in [1.29, 1.82) is 0 Å².